The summed E-state index contributed by atoms with van der Waals surface area (Å²) in [7, 11) is 1.88. The maximum atomic E-state index is 12.1. The molecule has 2 atom stereocenters. The van der Waals surface area contributed by atoms with E-state index in [-0.39, 0.29) is 17.9 Å². The first-order valence-corrected chi connectivity index (χ1v) is 6.95. The number of amides is 1. The molecule has 96 valence electrons. The highest BCUT2D eigenvalue weighted by Gasteiger charge is 2.44. The van der Waals surface area contributed by atoms with Crippen LogP contribution in [0.3, 0.4) is 0 Å². The monoisotopic (exact) mass is 310 g/mol. The molecule has 0 radical (unpaired) electrons. The molecule has 0 N–H and O–H groups in total. The topological polar surface area (TPSA) is 49.3 Å². The van der Waals surface area contributed by atoms with Crippen LogP contribution in [0.25, 0.3) is 0 Å². The van der Waals surface area contributed by atoms with E-state index in [9.17, 15) is 4.79 Å². The maximum Gasteiger partial charge on any atom is 0.227 e. The number of carbonyl (C=O) groups is 1. The summed E-state index contributed by atoms with van der Waals surface area (Å²) < 4.78 is 0.896. The van der Waals surface area contributed by atoms with Gasteiger partial charge in [-0.25, -0.2) is 9.97 Å². The molecule has 0 bridgehead atoms. The summed E-state index contributed by atoms with van der Waals surface area (Å²) in [6, 6.07) is 0.252. The van der Waals surface area contributed by atoms with Crippen LogP contribution in [0.4, 0.5) is 5.82 Å². The second kappa shape index (κ2) is 4.50. The van der Waals surface area contributed by atoms with E-state index in [1.165, 1.54) is 0 Å². The van der Waals surface area contributed by atoms with E-state index in [2.05, 4.69) is 30.8 Å². The van der Waals surface area contributed by atoms with Crippen molar-refractivity contribution >= 4 is 27.7 Å². The van der Waals surface area contributed by atoms with Gasteiger partial charge in [0.2, 0.25) is 5.91 Å². The molecule has 2 aliphatic heterocycles. The largest absolute Gasteiger partial charge is 0.350 e. The van der Waals surface area contributed by atoms with E-state index >= 15 is 0 Å². The van der Waals surface area contributed by atoms with Gasteiger partial charge in [0.05, 0.1) is 16.4 Å². The smallest absolute Gasteiger partial charge is 0.227 e. The molecule has 1 aromatic rings. The molecule has 3 heterocycles. The Hall–Kier alpha value is -1.17. The van der Waals surface area contributed by atoms with Gasteiger partial charge < -0.3 is 9.80 Å². The molecular weight excluding hydrogens is 296 g/mol. The number of likely N-dealkylation sites (N-methyl/N-ethyl adjacent to an activating group) is 1. The van der Waals surface area contributed by atoms with E-state index in [4.69, 9.17) is 0 Å². The van der Waals surface area contributed by atoms with Crippen molar-refractivity contribution < 1.29 is 4.79 Å². The number of aromatic nitrogens is 2. The molecular formula is C12H15BrN4O. The van der Waals surface area contributed by atoms with Crippen molar-refractivity contribution in [2.75, 3.05) is 25.0 Å². The standard InChI is InChI=1S/C12H15BrN4O/c1-16-6-10-8(12(16)18)3-2-4-17(10)11-9(13)5-14-7-15-11/h5,7-8,10H,2-4,6H2,1H3/t8-,10-/m1/s1. The lowest BCUT2D eigenvalue weighted by molar-refractivity contribution is -0.130. The number of piperidine rings is 1. The highest BCUT2D eigenvalue weighted by atomic mass is 79.9. The number of nitrogens with zero attached hydrogens (tertiary/aromatic N) is 4. The SMILES string of the molecule is CN1C[C@@H]2[C@@H](CCCN2c2ncncc2Br)C1=O. The number of carbonyl (C=O) groups excluding carboxylic acids is 1. The van der Waals surface area contributed by atoms with Crippen molar-refractivity contribution in [2.24, 2.45) is 5.92 Å². The van der Waals surface area contributed by atoms with E-state index in [1.54, 1.807) is 12.5 Å². The van der Waals surface area contributed by atoms with Gasteiger partial charge in [0, 0.05) is 26.3 Å². The summed E-state index contributed by atoms with van der Waals surface area (Å²) in [5.74, 6) is 1.31. The summed E-state index contributed by atoms with van der Waals surface area (Å²) in [6.07, 6.45) is 5.35. The summed E-state index contributed by atoms with van der Waals surface area (Å²) >= 11 is 3.49. The minimum atomic E-state index is 0.130. The predicted octanol–water partition coefficient (Wildman–Crippen LogP) is 1.30. The van der Waals surface area contributed by atoms with Crippen LogP contribution in [0.5, 0.6) is 0 Å². The zero-order valence-electron chi connectivity index (χ0n) is 10.2. The van der Waals surface area contributed by atoms with Crippen molar-refractivity contribution in [3.63, 3.8) is 0 Å². The van der Waals surface area contributed by atoms with E-state index < -0.39 is 0 Å². The minimum Gasteiger partial charge on any atom is -0.350 e. The summed E-state index contributed by atoms with van der Waals surface area (Å²) in [6.45, 7) is 1.75. The molecule has 3 rings (SSSR count). The molecule has 2 fully saturated rings. The summed E-state index contributed by atoms with van der Waals surface area (Å²) in [5.41, 5.74) is 0. The second-order valence-electron chi connectivity index (χ2n) is 4.92. The molecule has 1 amide bonds. The van der Waals surface area contributed by atoms with E-state index in [0.29, 0.717) is 0 Å². The third-order valence-electron chi connectivity index (χ3n) is 3.85. The number of hydrogen-bond donors (Lipinski definition) is 0. The molecule has 6 heteroatoms. The maximum absolute atomic E-state index is 12.1. The minimum absolute atomic E-state index is 0.130. The Balaban J connectivity index is 1.94. The first-order valence-electron chi connectivity index (χ1n) is 6.15. The van der Waals surface area contributed by atoms with Gasteiger partial charge in [-0.3, -0.25) is 4.79 Å². The predicted molar refractivity (Wildman–Crippen MR) is 71.2 cm³/mol. The molecule has 1 aromatic heterocycles. The zero-order chi connectivity index (χ0) is 12.7. The molecule has 18 heavy (non-hydrogen) atoms. The third kappa shape index (κ3) is 1.79. The van der Waals surface area contributed by atoms with Crippen LogP contribution >= 0.6 is 15.9 Å². The number of hydrogen-bond acceptors (Lipinski definition) is 4. The third-order valence-corrected chi connectivity index (χ3v) is 4.41. The zero-order valence-corrected chi connectivity index (χ0v) is 11.8. The van der Waals surface area contributed by atoms with Crippen molar-refractivity contribution in [3.05, 3.63) is 17.0 Å². The fourth-order valence-electron chi connectivity index (χ4n) is 3.00. The molecule has 0 aliphatic carbocycles. The van der Waals surface area contributed by atoms with Gasteiger partial charge in [0.1, 0.15) is 12.1 Å². The molecule has 0 unspecified atom stereocenters. The normalized spacial score (nSPS) is 27.6. The molecule has 0 saturated carbocycles. The van der Waals surface area contributed by atoms with E-state index in [0.717, 1.165) is 36.2 Å². The van der Waals surface area contributed by atoms with Gasteiger partial charge in [0.15, 0.2) is 0 Å². The number of likely N-dealkylation sites (tertiary alicyclic amines) is 1. The summed E-state index contributed by atoms with van der Waals surface area (Å²) in [4.78, 5) is 24.5. The van der Waals surface area contributed by atoms with E-state index in [1.807, 2.05) is 11.9 Å². The van der Waals surface area contributed by atoms with Gasteiger partial charge in [-0.05, 0) is 28.8 Å². The first kappa shape index (κ1) is 11.9. The van der Waals surface area contributed by atoms with Crippen LogP contribution in [0, 0.1) is 5.92 Å². The van der Waals surface area contributed by atoms with Gasteiger partial charge in [0.25, 0.3) is 0 Å². The second-order valence-corrected chi connectivity index (χ2v) is 5.78. The molecule has 0 spiro atoms. The van der Waals surface area contributed by atoms with Crippen LogP contribution in [-0.4, -0.2) is 47.0 Å². The fourth-order valence-corrected chi connectivity index (χ4v) is 3.45. The van der Waals surface area contributed by atoms with Gasteiger partial charge >= 0.3 is 0 Å². The van der Waals surface area contributed by atoms with Crippen molar-refractivity contribution in [2.45, 2.75) is 18.9 Å². The van der Waals surface area contributed by atoms with Gasteiger partial charge in [-0.15, -0.1) is 0 Å². The van der Waals surface area contributed by atoms with Crippen LogP contribution in [0.15, 0.2) is 17.0 Å². The average molecular weight is 311 g/mol. The van der Waals surface area contributed by atoms with Crippen LogP contribution < -0.4 is 4.90 Å². The van der Waals surface area contributed by atoms with Crippen LogP contribution in [0.1, 0.15) is 12.8 Å². The molecule has 5 nitrogen and oxygen atoms in total. The number of halogens is 1. The highest BCUT2D eigenvalue weighted by molar-refractivity contribution is 9.10. The Morgan fingerprint density at radius 2 is 2.33 bits per heavy atom. The Bertz CT molecular complexity index is 481. The Kier molecular flexibility index (Phi) is 2.97. The molecule has 2 saturated heterocycles. The Labute approximate surface area is 114 Å². The Morgan fingerprint density at radius 1 is 1.50 bits per heavy atom. The van der Waals surface area contributed by atoms with Crippen molar-refractivity contribution in [1.82, 2.24) is 14.9 Å². The molecule has 2 aliphatic rings. The average Bonchev–Trinajstić information content (AvgIpc) is 2.67. The summed E-state index contributed by atoms with van der Waals surface area (Å²) in [5, 5.41) is 0. The number of fused-ring (bicyclic) bond motifs is 1. The first-order chi connectivity index (χ1) is 8.68. The van der Waals surface area contributed by atoms with Crippen molar-refractivity contribution in [1.29, 1.82) is 0 Å². The van der Waals surface area contributed by atoms with Crippen LogP contribution in [-0.2, 0) is 4.79 Å². The lowest BCUT2D eigenvalue weighted by Gasteiger charge is -2.37. The Morgan fingerprint density at radius 3 is 3.11 bits per heavy atom. The number of rotatable bonds is 1. The molecule has 0 aromatic carbocycles. The van der Waals surface area contributed by atoms with Gasteiger partial charge in [-0.2, -0.15) is 0 Å². The lowest BCUT2D eigenvalue weighted by Crippen LogP contribution is -2.46. The lowest BCUT2D eigenvalue weighted by atomic mass is 9.91. The quantitative estimate of drug-likeness (QED) is 0.784. The fraction of sp³-hybridized carbons (Fsp3) is 0.583. The van der Waals surface area contributed by atoms with Gasteiger partial charge in [-0.1, -0.05) is 0 Å². The van der Waals surface area contributed by atoms with Crippen molar-refractivity contribution in [3.8, 4) is 0 Å². The highest BCUT2D eigenvalue weighted by Crippen LogP contribution is 2.35. The number of anilines is 1. The van der Waals surface area contributed by atoms with Crippen LogP contribution in [0.2, 0.25) is 0 Å².